The highest BCUT2D eigenvalue weighted by molar-refractivity contribution is 9.10. The number of hydrogen-bond donors (Lipinski definition) is 1. The van der Waals surface area contributed by atoms with Crippen LogP contribution in [0, 0.1) is 0 Å². The maximum Gasteiger partial charge on any atom is 0.137 e. The Morgan fingerprint density at radius 2 is 1.73 bits per heavy atom. The van der Waals surface area contributed by atoms with Crippen molar-refractivity contribution in [2.75, 3.05) is 14.2 Å². The predicted molar refractivity (Wildman–Crippen MR) is 62.6 cm³/mol. The maximum absolute atomic E-state index is 9.31. The molecular weight excluding hydrogens is 260 g/mol. The SMILES string of the molecule is COc1cc(C[C@@H](C)O)cc(OC)c1Br. The van der Waals surface area contributed by atoms with E-state index < -0.39 is 0 Å². The van der Waals surface area contributed by atoms with E-state index in [4.69, 9.17) is 9.47 Å². The molecule has 84 valence electrons. The van der Waals surface area contributed by atoms with Gasteiger partial charge in [-0.1, -0.05) is 0 Å². The normalized spacial score (nSPS) is 12.3. The number of aliphatic hydroxyl groups is 1. The molecule has 0 bridgehead atoms. The molecule has 1 aromatic carbocycles. The van der Waals surface area contributed by atoms with Crippen molar-refractivity contribution in [1.82, 2.24) is 0 Å². The van der Waals surface area contributed by atoms with Crippen LogP contribution in [0.15, 0.2) is 16.6 Å². The van der Waals surface area contributed by atoms with Gasteiger partial charge in [-0.3, -0.25) is 0 Å². The second-order valence-electron chi connectivity index (χ2n) is 3.37. The maximum atomic E-state index is 9.31. The fraction of sp³-hybridized carbons (Fsp3) is 0.455. The van der Waals surface area contributed by atoms with E-state index in [1.54, 1.807) is 21.1 Å². The minimum atomic E-state index is -0.374. The van der Waals surface area contributed by atoms with Crippen molar-refractivity contribution in [1.29, 1.82) is 0 Å². The van der Waals surface area contributed by atoms with E-state index in [9.17, 15) is 5.11 Å². The Labute approximate surface area is 98.1 Å². The molecule has 15 heavy (non-hydrogen) atoms. The van der Waals surface area contributed by atoms with Gasteiger partial charge in [0.15, 0.2) is 0 Å². The average Bonchev–Trinajstić information content (AvgIpc) is 2.19. The van der Waals surface area contributed by atoms with Gasteiger partial charge in [-0.05, 0) is 47.0 Å². The molecule has 1 aromatic rings. The molecule has 1 rings (SSSR count). The molecule has 0 saturated heterocycles. The predicted octanol–water partition coefficient (Wildman–Crippen LogP) is 2.39. The van der Waals surface area contributed by atoms with Crippen LogP contribution in [0.1, 0.15) is 12.5 Å². The quantitative estimate of drug-likeness (QED) is 0.917. The summed E-state index contributed by atoms with van der Waals surface area (Å²) < 4.78 is 11.2. The number of benzene rings is 1. The van der Waals surface area contributed by atoms with Crippen LogP contribution in [0.2, 0.25) is 0 Å². The first-order chi connectivity index (χ1) is 7.08. The molecular formula is C11H15BrO3. The van der Waals surface area contributed by atoms with E-state index >= 15 is 0 Å². The van der Waals surface area contributed by atoms with Crippen molar-refractivity contribution in [3.63, 3.8) is 0 Å². The first-order valence-electron chi connectivity index (χ1n) is 4.67. The van der Waals surface area contributed by atoms with E-state index in [1.165, 1.54) is 0 Å². The van der Waals surface area contributed by atoms with Gasteiger partial charge in [0.25, 0.3) is 0 Å². The molecule has 0 amide bonds. The monoisotopic (exact) mass is 274 g/mol. The van der Waals surface area contributed by atoms with Crippen molar-refractivity contribution in [3.05, 3.63) is 22.2 Å². The standard InChI is InChI=1S/C11H15BrO3/c1-7(13)4-8-5-9(14-2)11(12)10(6-8)15-3/h5-7,13H,4H2,1-3H3/t7-/m1/s1. The molecule has 3 nitrogen and oxygen atoms in total. The van der Waals surface area contributed by atoms with Crippen molar-refractivity contribution in [3.8, 4) is 11.5 Å². The Balaban J connectivity index is 3.09. The average molecular weight is 275 g/mol. The van der Waals surface area contributed by atoms with Gasteiger partial charge in [0.2, 0.25) is 0 Å². The smallest absolute Gasteiger partial charge is 0.137 e. The van der Waals surface area contributed by atoms with Crippen LogP contribution in [-0.4, -0.2) is 25.4 Å². The lowest BCUT2D eigenvalue weighted by atomic mass is 10.1. The molecule has 0 heterocycles. The van der Waals surface area contributed by atoms with Gasteiger partial charge >= 0.3 is 0 Å². The van der Waals surface area contributed by atoms with Crippen LogP contribution in [0.25, 0.3) is 0 Å². The molecule has 0 aliphatic rings. The summed E-state index contributed by atoms with van der Waals surface area (Å²) >= 11 is 3.39. The van der Waals surface area contributed by atoms with Crippen LogP contribution in [-0.2, 0) is 6.42 Å². The Bertz CT molecular complexity index is 312. The molecule has 0 spiro atoms. The number of halogens is 1. The number of ether oxygens (including phenoxy) is 2. The summed E-state index contributed by atoms with van der Waals surface area (Å²) in [7, 11) is 3.21. The molecule has 0 fully saturated rings. The Kier molecular flexibility index (Phi) is 4.42. The Hall–Kier alpha value is -0.740. The Morgan fingerprint density at radius 3 is 2.07 bits per heavy atom. The van der Waals surface area contributed by atoms with Crippen LogP contribution in [0.5, 0.6) is 11.5 Å². The van der Waals surface area contributed by atoms with Gasteiger partial charge in [-0.2, -0.15) is 0 Å². The second-order valence-corrected chi connectivity index (χ2v) is 4.16. The van der Waals surface area contributed by atoms with Crippen molar-refractivity contribution in [2.24, 2.45) is 0 Å². The summed E-state index contributed by atoms with van der Waals surface area (Å²) in [6.45, 7) is 1.75. The second kappa shape index (κ2) is 5.37. The fourth-order valence-electron chi connectivity index (χ4n) is 1.38. The first kappa shape index (κ1) is 12.3. The highest BCUT2D eigenvalue weighted by Crippen LogP contribution is 2.35. The number of aliphatic hydroxyl groups excluding tert-OH is 1. The van der Waals surface area contributed by atoms with Crippen molar-refractivity contribution >= 4 is 15.9 Å². The first-order valence-corrected chi connectivity index (χ1v) is 5.46. The third kappa shape index (κ3) is 3.11. The van der Waals surface area contributed by atoms with E-state index in [-0.39, 0.29) is 6.10 Å². The summed E-state index contributed by atoms with van der Waals surface area (Å²) in [5.41, 5.74) is 0.988. The number of rotatable bonds is 4. The van der Waals surface area contributed by atoms with Gasteiger partial charge in [0, 0.05) is 0 Å². The summed E-state index contributed by atoms with van der Waals surface area (Å²) in [5, 5.41) is 9.31. The van der Waals surface area contributed by atoms with Gasteiger partial charge in [0.05, 0.1) is 20.3 Å². The number of methoxy groups -OCH3 is 2. The zero-order chi connectivity index (χ0) is 11.4. The lowest BCUT2D eigenvalue weighted by Crippen LogP contribution is -2.05. The van der Waals surface area contributed by atoms with Gasteiger partial charge in [-0.25, -0.2) is 0 Å². The van der Waals surface area contributed by atoms with Gasteiger partial charge in [0.1, 0.15) is 16.0 Å². The van der Waals surface area contributed by atoms with Crippen LogP contribution < -0.4 is 9.47 Å². The lowest BCUT2D eigenvalue weighted by Gasteiger charge is -2.12. The highest BCUT2D eigenvalue weighted by Gasteiger charge is 2.10. The van der Waals surface area contributed by atoms with Gasteiger partial charge in [-0.15, -0.1) is 0 Å². The molecule has 4 heteroatoms. The number of hydrogen-bond acceptors (Lipinski definition) is 3. The van der Waals surface area contributed by atoms with E-state index in [0.29, 0.717) is 17.9 Å². The van der Waals surface area contributed by atoms with Crippen LogP contribution in [0.3, 0.4) is 0 Å². The fourth-order valence-corrected chi connectivity index (χ4v) is 1.94. The van der Waals surface area contributed by atoms with E-state index in [0.717, 1.165) is 10.0 Å². The largest absolute Gasteiger partial charge is 0.495 e. The molecule has 1 atom stereocenters. The zero-order valence-electron chi connectivity index (χ0n) is 9.08. The molecule has 0 saturated carbocycles. The summed E-state index contributed by atoms with van der Waals surface area (Å²) in [5.74, 6) is 1.43. The third-order valence-corrected chi connectivity index (χ3v) is 2.82. The summed E-state index contributed by atoms with van der Waals surface area (Å²) in [6, 6.07) is 3.78. The topological polar surface area (TPSA) is 38.7 Å². The lowest BCUT2D eigenvalue weighted by molar-refractivity contribution is 0.195. The third-order valence-electron chi connectivity index (χ3n) is 2.04. The highest BCUT2D eigenvalue weighted by atomic mass is 79.9. The molecule has 0 aromatic heterocycles. The minimum absolute atomic E-state index is 0.374. The molecule has 0 aliphatic carbocycles. The summed E-state index contributed by atoms with van der Waals surface area (Å²) in [4.78, 5) is 0. The molecule has 1 N–H and O–H groups in total. The van der Waals surface area contributed by atoms with Crippen molar-refractivity contribution < 1.29 is 14.6 Å². The Morgan fingerprint density at radius 1 is 1.27 bits per heavy atom. The van der Waals surface area contributed by atoms with E-state index in [2.05, 4.69) is 15.9 Å². The van der Waals surface area contributed by atoms with Gasteiger partial charge < -0.3 is 14.6 Å². The minimum Gasteiger partial charge on any atom is -0.495 e. The molecule has 0 radical (unpaired) electrons. The zero-order valence-corrected chi connectivity index (χ0v) is 10.7. The van der Waals surface area contributed by atoms with E-state index in [1.807, 2.05) is 12.1 Å². The molecule has 0 unspecified atom stereocenters. The van der Waals surface area contributed by atoms with Crippen LogP contribution >= 0.6 is 15.9 Å². The molecule has 0 aliphatic heterocycles. The summed E-state index contributed by atoms with van der Waals surface area (Å²) in [6.07, 6.45) is 0.209. The van der Waals surface area contributed by atoms with Crippen LogP contribution in [0.4, 0.5) is 0 Å². The van der Waals surface area contributed by atoms with Crippen molar-refractivity contribution in [2.45, 2.75) is 19.4 Å².